The summed E-state index contributed by atoms with van der Waals surface area (Å²) in [5.41, 5.74) is 3.73. The van der Waals surface area contributed by atoms with Gasteiger partial charge in [-0.05, 0) is 58.1 Å². The zero-order valence-electron chi connectivity index (χ0n) is 16.5. The maximum absolute atomic E-state index is 12.8. The largest absolute Gasteiger partial charge is 0.324 e. The zero-order chi connectivity index (χ0) is 18.8. The number of hydrogen-bond donors (Lipinski definition) is 2. The Bertz CT molecular complexity index is 796. The molecule has 1 aliphatic carbocycles. The van der Waals surface area contributed by atoms with Crippen LogP contribution in [-0.2, 0) is 4.79 Å². The molecule has 144 valence electrons. The Balaban J connectivity index is 1.46. The lowest BCUT2D eigenvalue weighted by atomic mass is 9.78. The van der Waals surface area contributed by atoms with E-state index in [1.807, 2.05) is 48.9 Å². The highest BCUT2D eigenvalue weighted by Crippen LogP contribution is 2.28. The number of carbonyl (C=O) groups excluding carboxylic acids is 1. The van der Waals surface area contributed by atoms with Gasteiger partial charge in [0.15, 0.2) is 6.54 Å². The van der Waals surface area contributed by atoms with E-state index in [2.05, 4.69) is 10.4 Å². The summed E-state index contributed by atoms with van der Waals surface area (Å²) in [6.45, 7) is 5.70. The monoisotopic (exact) mass is 367 g/mol. The molecule has 1 aromatic heterocycles. The first-order valence-corrected chi connectivity index (χ1v) is 10.4. The lowest BCUT2D eigenvalue weighted by molar-refractivity contribution is -0.928. The van der Waals surface area contributed by atoms with Gasteiger partial charge in [-0.3, -0.25) is 4.79 Å². The van der Waals surface area contributed by atoms with Gasteiger partial charge in [0.2, 0.25) is 0 Å². The van der Waals surface area contributed by atoms with Crippen molar-refractivity contribution in [3.8, 4) is 5.69 Å². The Hall–Kier alpha value is -2.14. The zero-order valence-corrected chi connectivity index (χ0v) is 16.5. The fourth-order valence-electron chi connectivity index (χ4n) is 5.12. The van der Waals surface area contributed by atoms with E-state index in [1.54, 1.807) is 0 Å². The molecule has 1 unspecified atom stereocenters. The van der Waals surface area contributed by atoms with Crippen LogP contribution in [0.25, 0.3) is 5.69 Å². The fourth-order valence-corrected chi connectivity index (χ4v) is 5.12. The Morgan fingerprint density at radius 2 is 1.89 bits per heavy atom. The highest BCUT2D eigenvalue weighted by molar-refractivity contribution is 5.92. The van der Waals surface area contributed by atoms with E-state index in [-0.39, 0.29) is 5.91 Å². The van der Waals surface area contributed by atoms with Gasteiger partial charge >= 0.3 is 0 Å². The van der Waals surface area contributed by atoms with Crippen LogP contribution in [0.4, 0.5) is 5.69 Å². The third-order valence-corrected chi connectivity index (χ3v) is 6.45. The molecule has 0 bridgehead atoms. The molecule has 3 atom stereocenters. The average molecular weight is 368 g/mol. The third-order valence-electron chi connectivity index (χ3n) is 6.45. The average Bonchev–Trinajstić information content (AvgIpc) is 2.97. The predicted molar refractivity (Wildman–Crippen MR) is 107 cm³/mol. The molecular weight excluding hydrogens is 336 g/mol. The van der Waals surface area contributed by atoms with Gasteiger partial charge in [-0.15, -0.1) is 0 Å². The van der Waals surface area contributed by atoms with Crippen molar-refractivity contribution in [3.05, 3.63) is 41.7 Å². The number of para-hydroxylation sites is 1. The van der Waals surface area contributed by atoms with E-state index in [1.165, 1.54) is 43.4 Å². The second-order valence-electron chi connectivity index (χ2n) is 8.22. The van der Waals surface area contributed by atoms with Crippen LogP contribution >= 0.6 is 0 Å². The molecule has 0 radical (unpaired) electrons. The number of quaternary nitrogens is 1. The number of hydrogen-bond acceptors (Lipinski definition) is 2. The van der Waals surface area contributed by atoms with Gasteiger partial charge in [-0.25, -0.2) is 4.68 Å². The van der Waals surface area contributed by atoms with Crippen molar-refractivity contribution in [2.24, 2.45) is 5.92 Å². The molecule has 1 aromatic carbocycles. The molecule has 5 heteroatoms. The molecule has 0 spiro atoms. The summed E-state index contributed by atoms with van der Waals surface area (Å²) in [6.07, 6.45) is 7.97. The Labute approximate surface area is 161 Å². The number of aromatic nitrogens is 2. The fraction of sp³-hybridized carbons (Fsp3) is 0.545. The topological polar surface area (TPSA) is 51.4 Å². The van der Waals surface area contributed by atoms with E-state index >= 15 is 0 Å². The predicted octanol–water partition coefficient (Wildman–Crippen LogP) is 2.67. The summed E-state index contributed by atoms with van der Waals surface area (Å²) in [7, 11) is 0. The standard InChI is InChI=1S/C22H30N4O/c1-16-22(17(2)26(24-16)19-11-4-3-5-12-19)23-21(27)15-25-14-8-10-18-9-6-7-13-20(18)25/h3-5,11-12,18,20H,6-10,13-15H2,1-2H3,(H,23,27)/p+1/t18-,20+/m1/s1. The maximum atomic E-state index is 12.8. The molecule has 1 aliphatic heterocycles. The second kappa shape index (κ2) is 7.85. The van der Waals surface area contributed by atoms with E-state index in [0.717, 1.165) is 35.2 Å². The first kappa shape index (κ1) is 18.2. The van der Waals surface area contributed by atoms with Gasteiger partial charge in [0.1, 0.15) is 0 Å². The summed E-state index contributed by atoms with van der Waals surface area (Å²) in [6, 6.07) is 10.8. The molecule has 1 amide bonds. The van der Waals surface area contributed by atoms with Crippen LogP contribution in [0.2, 0.25) is 0 Å². The molecule has 2 heterocycles. The van der Waals surface area contributed by atoms with Gasteiger partial charge < -0.3 is 10.2 Å². The van der Waals surface area contributed by atoms with E-state index in [4.69, 9.17) is 0 Å². The summed E-state index contributed by atoms with van der Waals surface area (Å²) in [5, 5.41) is 7.81. The number of nitrogens with zero attached hydrogens (tertiary/aromatic N) is 2. The lowest BCUT2D eigenvalue weighted by Crippen LogP contribution is -3.18. The number of carbonyl (C=O) groups is 1. The van der Waals surface area contributed by atoms with E-state index in [0.29, 0.717) is 12.6 Å². The first-order valence-electron chi connectivity index (χ1n) is 10.4. The molecule has 2 aliphatic rings. The lowest BCUT2D eigenvalue weighted by Gasteiger charge is -2.40. The molecule has 2 N–H and O–H groups in total. The minimum atomic E-state index is 0.120. The number of aryl methyl sites for hydroxylation is 1. The van der Waals surface area contributed by atoms with E-state index < -0.39 is 0 Å². The molecule has 1 saturated carbocycles. The van der Waals surface area contributed by atoms with Crippen LogP contribution in [0.3, 0.4) is 0 Å². The van der Waals surface area contributed by atoms with Crippen LogP contribution in [0.5, 0.6) is 0 Å². The quantitative estimate of drug-likeness (QED) is 0.873. The Morgan fingerprint density at radius 1 is 1.15 bits per heavy atom. The molecule has 27 heavy (non-hydrogen) atoms. The summed E-state index contributed by atoms with van der Waals surface area (Å²) < 4.78 is 1.91. The minimum absolute atomic E-state index is 0.120. The SMILES string of the molecule is Cc1nn(-c2ccccc2)c(C)c1NC(=O)C[NH+]1CCC[C@H]2CCCC[C@@H]21. The van der Waals surface area contributed by atoms with Crippen molar-refractivity contribution in [2.75, 3.05) is 18.4 Å². The molecule has 1 saturated heterocycles. The summed E-state index contributed by atoms with van der Waals surface area (Å²) in [4.78, 5) is 14.3. The Morgan fingerprint density at radius 3 is 2.70 bits per heavy atom. The van der Waals surface area contributed by atoms with Crippen LogP contribution in [0.1, 0.15) is 49.9 Å². The number of likely N-dealkylation sites (tertiary alicyclic amines) is 1. The van der Waals surface area contributed by atoms with Gasteiger partial charge in [0.25, 0.3) is 5.91 Å². The Kier molecular flexibility index (Phi) is 5.30. The van der Waals surface area contributed by atoms with Crippen molar-refractivity contribution in [1.82, 2.24) is 9.78 Å². The number of anilines is 1. The molecule has 4 rings (SSSR count). The first-order chi connectivity index (χ1) is 13.1. The number of piperidine rings is 1. The van der Waals surface area contributed by atoms with Gasteiger partial charge in [0, 0.05) is 5.92 Å². The molecule has 2 aromatic rings. The van der Waals surface area contributed by atoms with Crippen LogP contribution < -0.4 is 10.2 Å². The van der Waals surface area contributed by atoms with Crippen LogP contribution in [-0.4, -0.2) is 34.8 Å². The highest BCUT2D eigenvalue weighted by Gasteiger charge is 2.37. The van der Waals surface area contributed by atoms with Crippen molar-refractivity contribution < 1.29 is 9.69 Å². The van der Waals surface area contributed by atoms with E-state index in [9.17, 15) is 4.79 Å². The summed E-state index contributed by atoms with van der Waals surface area (Å²) in [5.74, 6) is 0.953. The van der Waals surface area contributed by atoms with Crippen LogP contribution in [0, 0.1) is 19.8 Å². The number of benzene rings is 1. The van der Waals surface area contributed by atoms with Gasteiger partial charge in [-0.1, -0.05) is 24.6 Å². The smallest absolute Gasteiger partial charge is 0.279 e. The maximum Gasteiger partial charge on any atom is 0.279 e. The molecule has 2 fully saturated rings. The number of fused-ring (bicyclic) bond motifs is 1. The normalized spacial score (nSPS) is 25.0. The summed E-state index contributed by atoms with van der Waals surface area (Å²) >= 11 is 0. The number of amides is 1. The highest BCUT2D eigenvalue weighted by atomic mass is 16.2. The molecular formula is C22H31N4O+. The number of rotatable bonds is 4. The number of nitrogens with one attached hydrogen (secondary N) is 2. The van der Waals surface area contributed by atoms with Crippen molar-refractivity contribution in [3.63, 3.8) is 0 Å². The minimum Gasteiger partial charge on any atom is -0.324 e. The van der Waals surface area contributed by atoms with Gasteiger partial charge in [-0.2, -0.15) is 5.10 Å². The second-order valence-corrected chi connectivity index (χ2v) is 8.22. The van der Waals surface area contributed by atoms with Crippen molar-refractivity contribution >= 4 is 11.6 Å². The third kappa shape index (κ3) is 3.79. The molecule has 5 nitrogen and oxygen atoms in total. The van der Waals surface area contributed by atoms with Crippen LogP contribution in [0.15, 0.2) is 30.3 Å². The van der Waals surface area contributed by atoms with Crippen molar-refractivity contribution in [1.29, 1.82) is 0 Å². The van der Waals surface area contributed by atoms with Gasteiger partial charge in [0.05, 0.1) is 35.3 Å². The van der Waals surface area contributed by atoms with Crippen molar-refractivity contribution in [2.45, 2.75) is 58.4 Å².